The van der Waals surface area contributed by atoms with Crippen LogP contribution < -0.4 is 10.6 Å². The second kappa shape index (κ2) is 7.31. The van der Waals surface area contributed by atoms with E-state index in [-0.39, 0.29) is 0 Å². The van der Waals surface area contributed by atoms with Gasteiger partial charge in [-0.2, -0.15) is 4.31 Å². The Balaban J connectivity index is 1.78. The summed E-state index contributed by atoms with van der Waals surface area (Å²) in [6, 6.07) is 7.24. The van der Waals surface area contributed by atoms with Crippen molar-refractivity contribution < 1.29 is 8.42 Å². The second-order valence-electron chi connectivity index (χ2n) is 5.94. The number of hydrogen-bond donors (Lipinski definition) is 2. The van der Waals surface area contributed by atoms with Crippen molar-refractivity contribution in [1.29, 1.82) is 0 Å². The van der Waals surface area contributed by atoms with Crippen LogP contribution in [-0.2, 0) is 16.6 Å². The van der Waals surface area contributed by atoms with Crippen molar-refractivity contribution in [3.8, 4) is 0 Å². The Morgan fingerprint density at radius 1 is 1.13 bits per heavy atom. The van der Waals surface area contributed by atoms with Crippen LogP contribution in [-0.4, -0.2) is 44.9 Å². The molecule has 0 spiro atoms. The molecule has 0 aliphatic carbocycles. The van der Waals surface area contributed by atoms with E-state index in [4.69, 9.17) is 0 Å². The lowest BCUT2D eigenvalue weighted by molar-refractivity contribution is 0.346. The number of aliphatic imine (C=N–C) groups is 1. The SMILES string of the molecule is O=S(=O)(c1ccccc1CNC1=NCCCN1)N1CCCCC1. The maximum atomic E-state index is 12.9. The molecular formula is C16H24N4O2S. The highest BCUT2D eigenvalue weighted by Gasteiger charge is 2.27. The Kier molecular flexibility index (Phi) is 5.17. The van der Waals surface area contributed by atoms with Crippen LogP contribution in [0.5, 0.6) is 0 Å². The molecule has 1 aromatic rings. The van der Waals surface area contributed by atoms with Gasteiger partial charge in [0.25, 0.3) is 0 Å². The van der Waals surface area contributed by atoms with E-state index in [1.807, 2.05) is 12.1 Å². The van der Waals surface area contributed by atoms with E-state index < -0.39 is 10.0 Å². The standard InChI is InChI=1S/C16H24N4O2S/c21-23(22,20-11-4-1-5-12-20)15-8-3-2-7-14(15)13-19-16-17-9-6-10-18-16/h2-3,7-8H,1,4-6,9-13H2,(H2,17,18,19). The number of rotatable bonds is 4. The van der Waals surface area contributed by atoms with Crippen molar-refractivity contribution in [2.24, 2.45) is 4.99 Å². The molecule has 2 N–H and O–H groups in total. The lowest BCUT2D eigenvalue weighted by atomic mass is 10.2. The summed E-state index contributed by atoms with van der Waals surface area (Å²) in [5, 5.41) is 6.40. The third-order valence-electron chi connectivity index (χ3n) is 4.25. The molecule has 0 atom stereocenters. The average molecular weight is 336 g/mol. The van der Waals surface area contributed by atoms with Crippen LogP contribution in [0.25, 0.3) is 0 Å². The van der Waals surface area contributed by atoms with Gasteiger partial charge in [-0.3, -0.25) is 4.99 Å². The van der Waals surface area contributed by atoms with E-state index in [0.29, 0.717) is 24.5 Å². The van der Waals surface area contributed by atoms with Crippen LogP contribution in [0.4, 0.5) is 0 Å². The van der Waals surface area contributed by atoms with Crippen LogP contribution >= 0.6 is 0 Å². The Morgan fingerprint density at radius 3 is 2.65 bits per heavy atom. The van der Waals surface area contributed by atoms with Gasteiger partial charge in [-0.05, 0) is 30.9 Å². The molecule has 0 unspecified atom stereocenters. The molecule has 0 radical (unpaired) electrons. The average Bonchev–Trinajstić information content (AvgIpc) is 2.62. The summed E-state index contributed by atoms with van der Waals surface area (Å²) in [5.41, 5.74) is 0.785. The van der Waals surface area contributed by atoms with Crippen molar-refractivity contribution in [3.05, 3.63) is 29.8 Å². The molecule has 1 fully saturated rings. The van der Waals surface area contributed by atoms with Gasteiger partial charge < -0.3 is 10.6 Å². The van der Waals surface area contributed by atoms with E-state index in [1.54, 1.807) is 16.4 Å². The van der Waals surface area contributed by atoms with Crippen molar-refractivity contribution in [3.63, 3.8) is 0 Å². The number of nitrogens with one attached hydrogen (secondary N) is 2. The summed E-state index contributed by atoms with van der Waals surface area (Å²) < 4.78 is 27.4. The molecule has 0 bridgehead atoms. The molecule has 2 heterocycles. The largest absolute Gasteiger partial charge is 0.356 e. The molecule has 1 aromatic carbocycles. The Labute approximate surface area is 138 Å². The van der Waals surface area contributed by atoms with Crippen molar-refractivity contribution in [2.45, 2.75) is 37.1 Å². The fourth-order valence-corrected chi connectivity index (χ4v) is 4.71. The normalized spacial score (nSPS) is 19.7. The molecule has 0 saturated carbocycles. The summed E-state index contributed by atoms with van der Waals surface area (Å²) in [6.07, 6.45) is 4.03. The Hall–Kier alpha value is -1.60. The summed E-state index contributed by atoms with van der Waals surface area (Å²) in [7, 11) is -3.41. The first-order valence-electron chi connectivity index (χ1n) is 8.28. The summed E-state index contributed by atoms with van der Waals surface area (Å²) in [4.78, 5) is 4.77. The first-order chi connectivity index (χ1) is 11.2. The van der Waals surface area contributed by atoms with Gasteiger partial charge in [-0.15, -0.1) is 0 Å². The van der Waals surface area contributed by atoms with E-state index in [0.717, 1.165) is 50.3 Å². The topological polar surface area (TPSA) is 73.8 Å². The molecule has 6 nitrogen and oxygen atoms in total. The third kappa shape index (κ3) is 3.84. The first-order valence-corrected chi connectivity index (χ1v) is 9.72. The predicted octanol–water partition coefficient (Wildman–Crippen LogP) is 1.30. The number of hydrogen-bond acceptors (Lipinski definition) is 5. The zero-order valence-electron chi connectivity index (χ0n) is 13.3. The zero-order valence-corrected chi connectivity index (χ0v) is 14.1. The maximum Gasteiger partial charge on any atom is 0.243 e. The van der Waals surface area contributed by atoms with Crippen LogP contribution in [0.1, 0.15) is 31.2 Å². The van der Waals surface area contributed by atoms with E-state index in [2.05, 4.69) is 15.6 Å². The quantitative estimate of drug-likeness (QED) is 0.869. The van der Waals surface area contributed by atoms with Crippen LogP contribution in [0, 0.1) is 0 Å². The maximum absolute atomic E-state index is 12.9. The lowest BCUT2D eigenvalue weighted by Crippen LogP contribution is -2.41. The van der Waals surface area contributed by atoms with Crippen LogP contribution in [0.2, 0.25) is 0 Å². The van der Waals surface area contributed by atoms with Gasteiger partial charge in [0.15, 0.2) is 5.96 Å². The van der Waals surface area contributed by atoms with E-state index >= 15 is 0 Å². The highest BCUT2D eigenvalue weighted by Crippen LogP contribution is 2.23. The molecule has 23 heavy (non-hydrogen) atoms. The Bertz CT molecular complexity index is 666. The molecule has 1 saturated heterocycles. The molecular weight excluding hydrogens is 312 g/mol. The van der Waals surface area contributed by atoms with Gasteiger partial charge >= 0.3 is 0 Å². The molecule has 2 aliphatic rings. The summed E-state index contributed by atoms with van der Waals surface area (Å²) in [6.45, 7) is 3.41. The molecule has 0 amide bonds. The van der Waals surface area contributed by atoms with Gasteiger partial charge in [0, 0.05) is 32.7 Å². The third-order valence-corrected chi connectivity index (χ3v) is 6.25. The van der Waals surface area contributed by atoms with Crippen LogP contribution in [0.3, 0.4) is 0 Å². The van der Waals surface area contributed by atoms with Crippen molar-refractivity contribution >= 4 is 16.0 Å². The minimum atomic E-state index is -3.41. The summed E-state index contributed by atoms with van der Waals surface area (Å²) >= 11 is 0. The van der Waals surface area contributed by atoms with Gasteiger partial charge in [-0.25, -0.2) is 8.42 Å². The number of sulfonamides is 1. The van der Waals surface area contributed by atoms with Gasteiger partial charge in [0.05, 0.1) is 4.90 Å². The van der Waals surface area contributed by atoms with E-state index in [9.17, 15) is 8.42 Å². The molecule has 2 aliphatic heterocycles. The van der Waals surface area contributed by atoms with E-state index in [1.165, 1.54) is 0 Å². The molecule has 0 aromatic heterocycles. The molecule has 7 heteroatoms. The van der Waals surface area contributed by atoms with Gasteiger partial charge in [-0.1, -0.05) is 24.6 Å². The fourth-order valence-electron chi connectivity index (χ4n) is 2.98. The van der Waals surface area contributed by atoms with Crippen molar-refractivity contribution in [2.75, 3.05) is 26.2 Å². The monoisotopic (exact) mass is 336 g/mol. The van der Waals surface area contributed by atoms with Crippen molar-refractivity contribution in [1.82, 2.24) is 14.9 Å². The first kappa shape index (κ1) is 16.3. The number of benzene rings is 1. The fraction of sp³-hybridized carbons (Fsp3) is 0.562. The summed E-state index contributed by atoms with van der Waals surface area (Å²) in [5.74, 6) is 0.751. The highest BCUT2D eigenvalue weighted by molar-refractivity contribution is 7.89. The minimum Gasteiger partial charge on any atom is -0.356 e. The minimum absolute atomic E-state index is 0.408. The van der Waals surface area contributed by atoms with Crippen LogP contribution in [0.15, 0.2) is 34.2 Å². The van der Waals surface area contributed by atoms with Gasteiger partial charge in [0.2, 0.25) is 10.0 Å². The number of piperidine rings is 1. The number of guanidine groups is 1. The predicted molar refractivity (Wildman–Crippen MR) is 90.8 cm³/mol. The zero-order chi connectivity index (χ0) is 16.1. The highest BCUT2D eigenvalue weighted by atomic mass is 32.2. The molecule has 3 rings (SSSR count). The lowest BCUT2D eigenvalue weighted by Gasteiger charge is -2.27. The Morgan fingerprint density at radius 2 is 1.91 bits per heavy atom. The smallest absolute Gasteiger partial charge is 0.243 e. The number of nitrogens with zero attached hydrogens (tertiary/aromatic N) is 2. The second-order valence-corrected chi connectivity index (χ2v) is 7.84. The molecule has 126 valence electrons. The van der Waals surface area contributed by atoms with Gasteiger partial charge in [0.1, 0.15) is 0 Å².